The second-order valence-electron chi connectivity index (χ2n) is 9.57. The molecule has 2 aromatic rings. The highest BCUT2D eigenvalue weighted by atomic mass is 16.5. The van der Waals surface area contributed by atoms with Gasteiger partial charge in [0.1, 0.15) is 11.9 Å². The average molecular weight is 481 g/mol. The minimum absolute atomic E-state index is 0.0526. The van der Waals surface area contributed by atoms with Crippen molar-refractivity contribution in [1.29, 1.82) is 0 Å². The first-order valence-electron chi connectivity index (χ1n) is 12.4. The molecule has 2 aliphatic heterocycles. The van der Waals surface area contributed by atoms with Crippen molar-refractivity contribution < 1.29 is 23.8 Å². The van der Waals surface area contributed by atoms with E-state index in [1.807, 2.05) is 34.1 Å². The highest BCUT2D eigenvalue weighted by Gasteiger charge is 2.37. The van der Waals surface area contributed by atoms with Crippen molar-refractivity contribution in [2.45, 2.75) is 45.6 Å². The van der Waals surface area contributed by atoms with Crippen LogP contribution in [0, 0.1) is 19.8 Å². The predicted molar refractivity (Wildman–Crippen MR) is 134 cm³/mol. The average Bonchev–Trinajstić information content (AvgIpc) is 3.25. The summed E-state index contributed by atoms with van der Waals surface area (Å²) in [6, 6.07) is 12.0. The van der Waals surface area contributed by atoms with E-state index in [0.717, 1.165) is 24.2 Å². The zero-order valence-electron chi connectivity index (χ0n) is 21.2. The molecule has 2 aliphatic rings. The largest absolute Gasteiger partial charge is 0.493 e. The van der Waals surface area contributed by atoms with Gasteiger partial charge in [0.2, 0.25) is 11.8 Å². The van der Waals surface area contributed by atoms with Crippen LogP contribution in [0.15, 0.2) is 36.4 Å². The van der Waals surface area contributed by atoms with E-state index in [9.17, 15) is 9.59 Å². The van der Waals surface area contributed by atoms with Gasteiger partial charge in [-0.25, -0.2) is 0 Å². The van der Waals surface area contributed by atoms with Crippen LogP contribution in [0.2, 0.25) is 0 Å². The Balaban J connectivity index is 1.25. The highest BCUT2D eigenvalue weighted by molar-refractivity contribution is 5.89. The molecule has 2 amide bonds. The summed E-state index contributed by atoms with van der Waals surface area (Å²) in [7, 11) is 3.22. The summed E-state index contributed by atoms with van der Waals surface area (Å²) in [5.74, 6) is 2.14. The molecule has 0 saturated carbocycles. The van der Waals surface area contributed by atoms with Crippen LogP contribution in [-0.4, -0.2) is 68.1 Å². The molecule has 0 aromatic heterocycles. The molecule has 2 saturated heterocycles. The number of nitrogens with zero attached hydrogens (tertiary/aromatic N) is 2. The first-order chi connectivity index (χ1) is 16.9. The van der Waals surface area contributed by atoms with Gasteiger partial charge >= 0.3 is 0 Å². The summed E-state index contributed by atoms with van der Waals surface area (Å²) in [5, 5.41) is 0. The van der Waals surface area contributed by atoms with Crippen LogP contribution >= 0.6 is 0 Å². The Kier molecular flexibility index (Phi) is 7.83. The van der Waals surface area contributed by atoms with Crippen LogP contribution in [0.25, 0.3) is 0 Å². The topological polar surface area (TPSA) is 68.3 Å². The second-order valence-corrected chi connectivity index (χ2v) is 9.57. The summed E-state index contributed by atoms with van der Waals surface area (Å²) in [6.45, 7) is 6.60. The molecule has 188 valence electrons. The third-order valence-corrected chi connectivity index (χ3v) is 7.22. The van der Waals surface area contributed by atoms with Crippen molar-refractivity contribution in [3.05, 3.63) is 53.1 Å². The molecule has 2 aromatic carbocycles. The van der Waals surface area contributed by atoms with Gasteiger partial charge < -0.3 is 24.0 Å². The predicted octanol–water partition coefficient (Wildman–Crippen LogP) is 3.78. The van der Waals surface area contributed by atoms with Gasteiger partial charge in [-0.15, -0.1) is 0 Å². The Morgan fingerprint density at radius 3 is 2.40 bits per heavy atom. The fourth-order valence-corrected chi connectivity index (χ4v) is 4.89. The van der Waals surface area contributed by atoms with E-state index in [1.165, 1.54) is 11.1 Å². The van der Waals surface area contributed by atoms with E-state index in [2.05, 4.69) is 26.0 Å². The van der Waals surface area contributed by atoms with Crippen molar-refractivity contribution in [2.24, 2.45) is 5.92 Å². The second kappa shape index (κ2) is 11.0. The normalized spacial score (nSPS) is 18.6. The standard InChI is InChI=1S/C28H36N2O5/c1-19-5-7-24(15-20(19)2)35-23-10-13-29(14-11-23)28(32)22-17-27(31)30(18-22)12-9-21-6-8-25(33-3)26(16-21)34-4/h5-8,15-16,22-23H,9-14,17-18H2,1-4H3. The summed E-state index contributed by atoms with van der Waals surface area (Å²) < 4.78 is 16.8. The number of carbonyl (C=O) groups excluding carboxylic acids is 2. The zero-order valence-corrected chi connectivity index (χ0v) is 21.2. The summed E-state index contributed by atoms with van der Waals surface area (Å²) >= 11 is 0. The van der Waals surface area contributed by atoms with E-state index in [1.54, 1.807) is 14.2 Å². The highest BCUT2D eigenvalue weighted by Crippen LogP contribution is 2.29. The van der Waals surface area contributed by atoms with Crippen molar-refractivity contribution in [3.8, 4) is 17.2 Å². The van der Waals surface area contributed by atoms with Crippen LogP contribution < -0.4 is 14.2 Å². The van der Waals surface area contributed by atoms with Crippen molar-refractivity contribution >= 4 is 11.8 Å². The Labute approximate surface area is 207 Å². The monoisotopic (exact) mass is 480 g/mol. The van der Waals surface area contributed by atoms with Crippen LogP contribution in [0.5, 0.6) is 17.2 Å². The van der Waals surface area contributed by atoms with Crippen molar-refractivity contribution in [2.75, 3.05) is 40.4 Å². The number of hydrogen-bond acceptors (Lipinski definition) is 5. The van der Waals surface area contributed by atoms with E-state index in [4.69, 9.17) is 14.2 Å². The van der Waals surface area contributed by atoms with Crippen LogP contribution in [0.4, 0.5) is 0 Å². The van der Waals surface area contributed by atoms with E-state index in [0.29, 0.717) is 50.5 Å². The smallest absolute Gasteiger partial charge is 0.227 e. The molecular weight excluding hydrogens is 444 g/mol. The number of likely N-dealkylation sites (tertiary alicyclic amines) is 2. The van der Waals surface area contributed by atoms with Gasteiger partial charge in [0.05, 0.1) is 20.1 Å². The summed E-state index contributed by atoms with van der Waals surface area (Å²) in [4.78, 5) is 29.5. The van der Waals surface area contributed by atoms with Gasteiger partial charge in [-0.1, -0.05) is 12.1 Å². The minimum atomic E-state index is -0.259. The van der Waals surface area contributed by atoms with E-state index >= 15 is 0 Å². The maximum atomic E-state index is 13.1. The number of carbonyl (C=O) groups is 2. The van der Waals surface area contributed by atoms with Gasteiger partial charge in [-0.3, -0.25) is 9.59 Å². The lowest BCUT2D eigenvalue weighted by Gasteiger charge is -2.33. The Bertz CT molecular complexity index is 1060. The molecule has 0 aliphatic carbocycles. The summed E-state index contributed by atoms with van der Waals surface area (Å²) in [6.07, 6.45) is 2.73. The molecule has 7 nitrogen and oxygen atoms in total. The number of ether oxygens (including phenoxy) is 3. The number of benzene rings is 2. The first-order valence-corrected chi connectivity index (χ1v) is 12.4. The third-order valence-electron chi connectivity index (χ3n) is 7.22. The zero-order chi connectivity index (χ0) is 24.9. The van der Waals surface area contributed by atoms with Gasteiger partial charge in [0.25, 0.3) is 0 Å². The van der Waals surface area contributed by atoms with Crippen LogP contribution in [0.1, 0.15) is 36.0 Å². The molecule has 0 spiro atoms. The molecule has 1 atom stereocenters. The SMILES string of the molecule is COc1ccc(CCN2CC(C(=O)N3CCC(Oc4ccc(C)c(C)c4)CC3)CC2=O)cc1OC. The van der Waals surface area contributed by atoms with Crippen molar-refractivity contribution in [3.63, 3.8) is 0 Å². The van der Waals surface area contributed by atoms with E-state index in [-0.39, 0.29) is 23.8 Å². The van der Waals surface area contributed by atoms with Crippen LogP contribution in [-0.2, 0) is 16.0 Å². The lowest BCUT2D eigenvalue weighted by Crippen LogP contribution is -2.44. The molecule has 2 heterocycles. The molecular formula is C28H36N2O5. The summed E-state index contributed by atoms with van der Waals surface area (Å²) in [5.41, 5.74) is 3.54. The van der Waals surface area contributed by atoms with Crippen LogP contribution in [0.3, 0.4) is 0 Å². The Hall–Kier alpha value is -3.22. The number of hydrogen-bond donors (Lipinski definition) is 0. The fraction of sp³-hybridized carbons (Fsp3) is 0.500. The number of amides is 2. The fourth-order valence-electron chi connectivity index (χ4n) is 4.89. The molecule has 0 radical (unpaired) electrons. The molecule has 35 heavy (non-hydrogen) atoms. The van der Waals surface area contributed by atoms with E-state index < -0.39 is 0 Å². The molecule has 2 fully saturated rings. The molecule has 4 rings (SSSR count). The van der Waals surface area contributed by atoms with Gasteiger partial charge in [-0.05, 0) is 61.2 Å². The lowest BCUT2D eigenvalue weighted by atomic mass is 10.0. The number of methoxy groups -OCH3 is 2. The van der Waals surface area contributed by atoms with Gasteiger partial charge in [0, 0.05) is 45.4 Å². The molecule has 7 heteroatoms. The number of piperidine rings is 1. The number of rotatable bonds is 8. The van der Waals surface area contributed by atoms with Gasteiger partial charge in [0.15, 0.2) is 11.5 Å². The van der Waals surface area contributed by atoms with Gasteiger partial charge in [-0.2, -0.15) is 0 Å². The molecule has 0 N–H and O–H groups in total. The molecule has 1 unspecified atom stereocenters. The maximum Gasteiger partial charge on any atom is 0.227 e. The molecule has 0 bridgehead atoms. The minimum Gasteiger partial charge on any atom is -0.493 e. The maximum absolute atomic E-state index is 13.1. The lowest BCUT2D eigenvalue weighted by molar-refractivity contribution is -0.137. The third kappa shape index (κ3) is 5.89. The number of aryl methyl sites for hydroxylation is 2. The Morgan fingerprint density at radius 1 is 0.971 bits per heavy atom. The quantitative estimate of drug-likeness (QED) is 0.575. The first kappa shape index (κ1) is 24.9. The Morgan fingerprint density at radius 2 is 1.71 bits per heavy atom. The van der Waals surface area contributed by atoms with Crippen molar-refractivity contribution in [1.82, 2.24) is 9.80 Å².